The third kappa shape index (κ3) is 2.44. The summed E-state index contributed by atoms with van der Waals surface area (Å²) in [4.78, 5) is 27.7. The van der Waals surface area contributed by atoms with Gasteiger partial charge in [-0.3, -0.25) is 9.59 Å². The Hall–Kier alpha value is -3.89. The van der Waals surface area contributed by atoms with Gasteiger partial charge < -0.3 is 20.9 Å². The molecule has 10 nitrogen and oxygen atoms in total. The Labute approximate surface area is 194 Å². The number of nitrogens with two attached hydrogens (primary N) is 1. The van der Waals surface area contributed by atoms with Crippen molar-refractivity contribution in [3.8, 4) is 5.75 Å². The SMILES string of the molecule is CC(C)c1ccc2c(c1)OC1(O)C3=C(C(=O)C21NC(=O)c1cccn2nnnc12)C(N)CC=C3. The number of nitrogens with one attached hydrogen (secondary N) is 1. The highest BCUT2D eigenvalue weighted by Crippen LogP contribution is 2.57. The Morgan fingerprint density at radius 1 is 1.35 bits per heavy atom. The van der Waals surface area contributed by atoms with Crippen LogP contribution in [-0.4, -0.2) is 48.7 Å². The highest BCUT2D eigenvalue weighted by Gasteiger charge is 2.72. The number of hydrogen-bond acceptors (Lipinski definition) is 8. The lowest BCUT2D eigenvalue weighted by atomic mass is 9.80. The Morgan fingerprint density at radius 3 is 2.97 bits per heavy atom. The summed E-state index contributed by atoms with van der Waals surface area (Å²) in [5.74, 6) is -2.74. The van der Waals surface area contributed by atoms with E-state index in [2.05, 4.69) is 20.8 Å². The Kier molecular flexibility index (Phi) is 4.15. The molecule has 3 aromatic rings. The van der Waals surface area contributed by atoms with Crippen LogP contribution in [-0.2, 0) is 10.3 Å². The van der Waals surface area contributed by atoms with Gasteiger partial charge in [-0.15, -0.1) is 5.10 Å². The maximum atomic E-state index is 14.0. The molecule has 1 aromatic carbocycles. The lowest BCUT2D eigenvalue weighted by Gasteiger charge is -2.35. The van der Waals surface area contributed by atoms with Crippen LogP contribution in [0.5, 0.6) is 5.75 Å². The predicted octanol–water partition coefficient (Wildman–Crippen LogP) is 1.12. The van der Waals surface area contributed by atoms with Crippen LogP contribution >= 0.6 is 0 Å². The number of fused-ring (bicyclic) bond motifs is 5. The second-order valence-electron chi connectivity index (χ2n) is 9.13. The van der Waals surface area contributed by atoms with Gasteiger partial charge in [-0.25, -0.2) is 0 Å². The number of Topliss-reactive ketones (excluding diaryl/α,β-unsaturated/α-hetero) is 1. The number of nitrogens with zero attached hydrogens (tertiary/aromatic N) is 4. The third-order valence-corrected chi connectivity index (χ3v) is 6.90. The highest BCUT2D eigenvalue weighted by molar-refractivity contribution is 6.14. The van der Waals surface area contributed by atoms with Gasteiger partial charge in [0.05, 0.1) is 5.56 Å². The number of aliphatic hydroxyl groups is 1. The Morgan fingerprint density at radius 2 is 2.18 bits per heavy atom. The Balaban J connectivity index is 1.55. The minimum atomic E-state index is -2.15. The monoisotopic (exact) mass is 458 g/mol. The van der Waals surface area contributed by atoms with Crippen LogP contribution < -0.4 is 15.8 Å². The van der Waals surface area contributed by atoms with Gasteiger partial charge in [0.1, 0.15) is 5.75 Å². The van der Waals surface area contributed by atoms with Crippen LogP contribution in [0.3, 0.4) is 0 Å². The van der Waals surface area contributed by atoms with E-state index >= 15 is 0 Å². The number of hydrogen-bond donors (Lipinski definition) is 3. The van der Waals surface area contributed by atoms with Crippen LogP contribution in [0.1, 0.15) is 47.7 Å². The molecule has 2 aromatic heterocycles. The van der Waals surface area contributed by atoms with Gasteiger partial charge in [-0.2, -0.15) is 4.52 Å². The zero-order chi connectivity index (χ0) is 23.8. The van der Waals surface area contributed by atoms with Crippen LogP contribution in [0.4, 0.5) is 0 Å². The van der Waals surface area contributed by atoms with Crippen molar-refractivity contribution in [2.24, 2.45) is 5.73 Å². The summed E-state index contributed by atoms with van der Waals surface area (Å²) in [6.45, 7) is 4.07. The molecule has 0 saturated carbocycles. The molecule has 0 fully saturated rings. The van der Waals surface area contributed by atoms with Gasteiger partial charge in [0.25, 0.3) is 11.7 Å². The maximum Gasteiger partial charge on any atom is 0.270 e. The van der Waals surface area contributed by atoms with Crippen LogP contribution in [0.15, 0.2) is 59.8 Å². The molecule has 34 heavy (non-hydrogen) atoms. The van der Waals surface area contributed by atoms with Gasteiger partial charge in [-0.05, 0) is 46.5 Å². The normalized spacial score (nSPS) is 27.1. The van der Waals surface area contributed by atoms with E-state index in [1.165, 1.54) is 4.52 Å². The van der Waals surface area contributed by atoms with E-state index < -0.39 is 29.1 Å². The maximum absolute atomic E-state index is 14.0. The van der Waals surface area contributed by atoms with Crippen LogP contribution in [0.25, 0.3) is 5.65 Å². The van der Waals surface area contributed by atoms with Crippen molar-refractivity contribution in [2.75, 3.05) is 0 Å². The molecule has 3 aliphatic rings. The first-order valence-electron chi connectivity index (χ1n) is 11.0. The van der Waals surface area contributed by atoms with Gasteiger partial charge in [-0.1, -0.05) is 38.1 Å². The fraction of sp³-hybridized carbons (Fsp3) is 0.292. The third-order valence-electron chi connectivity index (χ3n) is 6.90. The molecule has 0 bridgehead atoms. The van der Waals surface area contributed by atoms with Gasteiger partial charge in [0.2, 0.25) is 5.54 Å². The molecular formula is C24H22N6O4. The topological polar surface area (TPSA) is 145 Å². The van der Waals surface area contributed by atoms with Crippen molar-refractivity contribution in [1.29, 1.82) is 0 Å². The summed E-state index contributed by atoms with van der Waals surface area (Å²) >= 11 is 0. The van der Waals surface area contributed by atoms with E-state index in [0.717, 1.165) is 5.56 Å². The smallest absolute Gasteiger partial charge is 0.270 e. The first kappa shape index (κ1) is 20.7. The van der Waals surface area contributed by atoms with E-state index in [9.17, 15) is 14.7 Å². The molecule has 0 radical (unpaired) electrons. The van der Waals surface area contributed by atoms with Crippen molar-refractivity contribution in [1.82, 2.24) is 25.4 Å². The van der Waals surface area contributed by atoms with E-state index in [4.69, 9.17) is 10.5 Å². The number of carbonyl (C=O) groups is 2. The second-order valence-corrected chi connectivity index (χ2v) is 9.13. The van der Waals surface area contributed by atoms with Gasteiger partial charge >= 0.3 is 0 Å². The molecule has 3 heterocycles. The van der Waals surface area contributed by atoms with Gasteiger partial charge in [0, 0.05) is 28.9 Å². The van der Waals surface area contributed by atoms with Crippen molar-refractivity contribution in [3.05, 3.63) is 76.5 Å². The van der Waals surface area contributed by atoms with Crippen molar-refractivity contribution in [3.63, 3.8) is 0 Å². The summed E-state index contributed by atoms with van der Waals surface area (Å²) in [5.41, 5.74) is 6.60. The zero-order valence-electron chi connectivity index (χ0n) is 18.5. The first-order chi connectivity index (χ1) is 16.3. The lowest BCUT2D eigenvalue weighted by molar-refractivity contribution is -0.154. The standard InChI is InChI=1S/C24H22N6O4/c1-12(2)13-8-9-15-18(11-13)34-24(33)16-6-3-7-17(25)19(16)20(31)23(15,24)26-22(32)14-5-4-10-30-21(14)27-28-29-30/h3-6,8-12,17,33H,7,25H2,1-2H3,(H,26,32). The second kappa shape index (κ2) is 6.81. The van der Waals surface area contributed by atoms with E-state index in [1.54, 1.807) is 42.6 Å². The molecule has 6 rings (SSSR count). The molecule has 3 unspecified atom stereocenters. The molecule has 1 aliphatic heterocycles. The number of ether oxygens (including phenoxy) is 1. The first-order valence-corrected chi connectivity index (χ1v) is 11.0. The summed E-state index contributed by atoms with van der Waals surface area (Å²) < 4.78 is 7.47. The number of pyridine rings is 1. The summed E-state index contributed by atoms with van der Waals surface area (Å²) in [6.07, 6.45) is 5.49. The summed E-state index contributed by atoms with van der Waals surface area (Å²) in [5, 5.41) is 26.2. The lowest BCUT2D eigenvalue weighted by Crippen LogP contribution is -2.63. The number of rotatable bonds is 3. The van der Waals surface area contributed by atoms with E-state index in [1.807, 2.05) is 19.9 Å². The minimum absolute atomic E-state index is 0.147. The quantitative estimate of drug-likeness (QED) is 0.530. The molecule has 10 heteroatoms. The van der Waals surface area contributed by atoms with E-state index in [-0.39, 0.29) is 28.3 Å². The predicted molar refractivity (Wildman–Crippen MR) is 120 cm³/mol. The van der Waals surface area contributed by atoms with Crippen LogP contribution in [0, 0.1) is 0 Å². The number of aromatic nitrogens is 4. The van der Waals surface area contributed by atoms with Crippen molar-refractivity contribution in [2.45, 2.75) is 43.6 Å². The van der Waals surface area contributed by atoms with E-state index in [0.29, 0.717) is 17.7 Å². The van der Waals surface area contributed by atoms with Crippen LogP contribution in [0.2, 0.25) is 0 Å². The fourth-order valence-corrected chi connectivity index (χ4v) is 5.16. The molecule has 0 spiro atoms. The van der Waals surface area contributed by atoms with Gasteiger partial charge in [0.15, 0.2) is 11.4 Å². The molecule has 4 N–H and O–H groups in total. The zero-order valence-corrected chi connectivity index (χ0v) is 18.5. The minimum Gasteiger partial charge on any atom is -0.454 e. The summed E-state index contributed by atoms with van der Waals surface area (Å²) in [7, 11) is 0. The molecule has 172 valence electrons. The average Bonchev–Trinajstić information content (AvgIpc) is 3.44. The number of tetrazole rings is 1. The number of amides is 1. The fourth-order valence-electron chi connectivity index (χ4n) is 5.16. The summed E-state index contributed by atoms with van der Waals surface area (Å²) in [6, 6.07) is 7.95. The number of carbonyl (C=O) groups excluding carboxylic acids is 2. The Bertz CT molecular complexity index is 1460. The number of ketones is 1. The molecule has 3 atom stereocenters. The highest BCUT2D eigenvalue weighted by atomic mass is 16.6. The molecule has 2 aliphatic carbocycles. The average molecular weight is 458 g/mol. The largest absolute Gasteiger partial charge is 0.454 e. The number of benzene rings is 1. The molecular weight excluding hydrogens is 436 g/mol. The molecule has 1 amide bonds. The van der Waals surface area contributed by atoms with Crippen molar-refractivity contribution >= 4 is 17.3 Å². The van der Waals surface area contributed by atoms with Crippen molar-refractivity contribution < 1.29 is 19.4 Å². The molecule has 0 saturated heterocycles.